The largest absolute Gasteiger partial charge is 0.484 e. The molecule has 0 aliphatic carbocycles. The lowest BCUT2D eigenvalue weighted by Gasteiger charge is -2.07. The van der Waals surface area contributed by atoms with Gasteiger partial charge in [-0.2, -0.15) is 0 Å². The Kier molecular flexibility index (Phi) is 4.19. The Morgan fingerprint density at radius 2 is 2.20 bits per heavy atom. The summed E-state index contributed by atoms with van der Waals surface area (Å²) in [6.07, 6.45) is 3.45. The molecule has 0 radical (unpaired) electrons. The van der Waals surface area contributed by atoms with Crippen LogP contribution in [0.2, 0.25) is 0 Å². The second-order valence-electron chi connectivity index (χ2n) is 4.12. The minimum Gasteiger partial charge on any atom is -0.484 e. The molecule has 104 valence electrons. The number of benzene rings is 1. The fourth-order valence-electron chi connectivity index (χ4n) is 1.65. The smallest absolute Gasteiger partial charge is 0.287 e. The van der Waals surface area contributed by atoms with Gasteiger partial charge in [-0.05, 0) is 28.1 Å². The number of Topliss-reactive ketones (excluding diaryl/α,β-unsaturated/α-hetero) is 1. The number of rotatable bonds is 5. The summed E-state index contributed by atoms with van der Waals surface area (Å²) in [4.78, 5) is 22.1. The van der Waals surface area contributed by atoms with Gasteiger partial charge in [0.1, 0.15) is 10.2 Å². The van der Waals surface area contributed by atoms with Crippen LogP contribution in [0.5, 0.6) is 5.75 Å². The number of carbonyl (C=O) groups is 1. The second-order valence-corrected chi connectivity index (χ2v) is 4.92. The molecule has 1 aromatic heterocycles. The lowest BCUT2D eigenvalue weighted by molar-refractivity contribution is -0.385. The lowest BCUT2D eigenvalue weighted by atomic mass is 10.2. The quantitative estimate of drug-likeness (QED) is 0.477. The standard InChI is InChI=1S/C13H11BrN2O4/c1-15-6-5-9(7-15)11(17)8-20-12-4-2-3-10(13(12)14)16(18)19/h2-7H,8H2,1H3. The van der Waals surface area contributed by atoms with E-state index < -0.39 is 4.92 Å². The number of ether oxygens (including phenoxy) is 1. The van der Waals surface area contributed by atoms with Crippen LogP contribution in [-0.2, 0) is 7.05 Å². The molecule has 1 heterocycles. The van der Waals surface area contributed by atoms with E-state index in [4.69, 9.17) is 4.74 Å². The Hall–Kier alpha value is -2.15. The topological polar surface area (TPSA) is 74.4 Å². The van der Waals surface area contributed by atoms with Gasteiger partial charge < -0.3 is 9.30 Å². The van der Waals surface area contributed by atoms with Gasteiger partial charge in [0.05, 0.1) is 4.92 Å². The molecular formula is C13H11BrN2O4. The molecule has 6 nitrogen and oxygen atoms in total. The number of hydrogen-bond acceptors (Lipinski definition) is 4. The molecular weight excluding hydrogens is 328 g/mol. The molecule has 0 saturated carbocycles. The summed E-state index contributed by atoms with van der Waals surface area (Å²) in [6.45, 7) is -0.177. The summed E-state index contributed by atoms with van der Waals surface area (Å²) in [5, 5.41) is 10.8. The van der Waals surface area contributed by atoms with Gasteiger partial charge in [-0.1, -0.05) is 6.07 Å². The first-order valence-electron chi connectivity index (χ1n) is 5.70. The summed E-state index contributed by atoms with van der Waals surface area (Å²) in [6, 6.07) is 6.12. The molecule has 20 heavy (non-hydrogen) atoms. The maximum atomic E-state index is 11.9. The third kappa shape index (κ3) is 3.05. The third-order valence-corrected chi connectivity index (χ3v) is 3.45. The SMILES string of the molecule is Cn1ccc(C(=O)COc2cccc([N+](=O)[O-])c2Br)c1. The van der Waals surface area contributed by atoms with Crippen molar-refractivity contribution < 1.29 is 14.5 Å². The number of carbonyl (C=O) groups excluding carboxylic acids is 1. The van der Waals surface area contributed by atoms with Crippen molar-refractivity contribution in [2.45, 2.75) is 0 Å². The molecule has 2 aromatic rings. The van der Waals surface area contributed by atoms with Crippen molar-refractivity contribution in [1.82, 2.24) is 4.57 Å². The van der Waals surface area contributed by atoms with Crippen molar-refractivity contribution in [3.05, 3.63) is 56.8 Å². The zero-order valence-corrected chi connectivity index (χ0v) is 12.2. The fraction of sp³-hybridized carbons (Fsp3) is 0.154. The Labute approximate surface area is 123 Å². The number of hydrogen-bond donors (Lipinski definition) is 0. The number of nitrogens with zero attached hydrogens (tertiary/aromatic N) is 2. The highest BCUT2D eigenvalue weighted by Gasteiger charge is 2.17. The number of ketones is 1. The fourth-order valence-corrected chi connectivity index (χ4v) is 2.17. The van der Waals surface area contributed by atoms with Crippen LogP contribution in [0.1, 0.15) is 10.4 Å². The van der Waals surface area contributed by atoms with Crippen molar-refractivity contribution in [2.75, 3.05) is 6.61 Å². The van der Waals surface area contributed by atoms with Gasteiger partial charge in [-0.15, -0.1) is 0 Å². The molecule has 0 amide bonds. The van der Waals surface area contributed by atoms with Crippen LogP contribution >= 0.6 is 15.9 Å². The minimum absolute atomic E-state index is 0.102. The molecule has 0 aliphatic heterocycles. The molecule has 0 aliphatic rings. The number of nitro groups is 1. The normalized spacial score (nSPS) is 10.3. The van der Waals surface area contributed by atoms with E-state index in [-0.39, 0.29) is 28.3 Å². The molecule has 0 unspecified atom stereocenters. The van der Waals surface area contributed by atoms with Gasteiger partial charge in [0, 0.05) is 31.1 Å². The van der Waals surface area contributed by atoms with Crippen LogP contribution in [-0.4, -0.2) is 21.9 Å². The Morgan fingerprint density at radius 1 is 1.45 bits per heavy atom. The van der Waals surface area contributed by atoms with E-state index in [1.807, 2.05) is 7.05 Å². The van der Waals surface area contributed by atoms with Crippen LogP contribution in [0.4, 0.5) is 5.69 Å². The molecule has 2 rings (SSSR count). The van der Waals surface area contributed by atoms with Gasteiger partial charge in [0.25, 0.3) is 5.69 Å². The molecule has 0 fully saturated rings. The van der Waals surface area contributed by atoms with Crippen LogP contribution in [0, 0.1) is 10.1 Å². The van der Waals surface area contributed by atoms with Gasteiger partial charge in [-0.3, -0.25) is 14.9 Å². The van der Waals surface area contributed by atoms with Crippen LogP contribution in [0.25, 0.3) is 0 Å². The van der Waals surface area contributed by atoms with Gasteiger partial charge in [-0.25, -0.2) is 0 Å². The first-order valence-corrected chi connectivity index (χ1v) is 6.49. The number of nitro benzene ring substituents is 1. The van der Waals surface area contributed by atoms with E-state index in [1.165, 1.54) is 12.1 Å². The van der Waals surface area contributed by atoms with E-state index in [2.05, 4.69) is 15.9 Å². The molecule has 0 saturated heterocycles. The average molecular weight is 339 g/mol. The van der Waals surface area contributed by atoms with Crippen LogP contribution in [0.3, 0.4) is 0 Å². The summed E-state index contributed by atoms with van der Waals surface area (Å²) < 4.78 is 7.33. The van der Waals surface area contributed by atoms with Crippen LogP contribution in [0.15, 0.2) is 41.1 Å². The van der Waals surface area contributed by atoms with Crippen molar-refractivity contribution in [2.24, 2.45) is 7.05 Å². The molecule has 0 atom stereocenters. The molecule has 0 bridgehead atoms. The van der Waals surface area contributed by atoms with Crippen molar-refractivity contribution in [3.8, 4) is 5.75 Å². The molecule has 0 N–H and O–H groups in total. The first-order chi connectivity index (χ1) is 9.49. The maximum absolute atomic E-state index is 11.9. The minimum atomic E-state index is -0.518. The second kappa shape index (κ2) is 5.87. The van der Waals surface area contributed by atoms with Crippen LogP contribution < -0.4 is 4.74 Å². The maximum Gasteiger partial charge on any atom is 0.287 e. The summed E-state index contributed by atoms with van der Waals surface area (Å²) in [5.41, 5.74) is 0.434. The number of aromatic nitrogens is 1. The highest BCUT2D eigenvalue weighted by atomic mass is 79.9. The zero-order valence-electron chi connectivity index (χ0n) is 10.6. The zero-order chi connectivity index (χ0) is 14.7. The Balaban J connectivity index is 2.10. The Bertz CT molecular complexity index is 666. The highest BCUT2D eigenvalue weighted by Crippen LogP contribution is 2.33. The number of aryl methyl sites for hydroxylation is 1. The van der Waals surface area contributed by atoms with Gasteiger partial charge in [0.2, 0.25) is 5.78 Å². The number of halogens is 1. The van der Waals surface area contributed by atoms with Crippen molar-refractivity contribution in [1.29, 1.82) is 0 Å². The van der Waals surface area contributed by atoms with Crippen molar-refractivity contribution in [3.63, 3.8) is 0 Å². The summed E-state index contributed by atoms with van der Waals surface area (Å²) >= 11 is 3.11. The van der Waals surface area contributed by atoms with E-state index >= 15 is 0 Å². The lowest BCUT2D eigenvalue weighted by Crippen LogP contribution is -2.11. The van der Waals surface area contributed by atoms with E-state index in [0.717, 1.165) is 0 Å². The Morgan fingerprint density at radius 3 is 2.80 bits per heavy atom. The van der Waals surface area contributed by atoms with Gasteiger partial charge >= 0.3 is 0 Å². The average Bonchev–Trinajstić information content (AvgIpc) is 2.83. The van der Waals surface area contributed by atoms with E-state index in [9.17, 15) is 14.9 Å². The summed E-state index contributed by atoms with van der Waals surface area (Å²) in [7, 11) is 1.81. The predicted octanol–water partition coefficient (Wildman–Crippen LogP) is 2.96. The van der Waals surface area contributed by atoms with Gasteiger partial charge in [0.15, 0.2) is 6.61 Å². The van der Waals surface area contributed by atoms with E-state index in [0.29, 0.717) is 5.56 Å². The monoisotopic (exact) mass is 338 g/mol. The predicted molar refractivity (Wildman–Crippen MR) is 76.0 cm³/mol. The molecule has 0 spiro atoms. The van der Waals surface area contributed by atoms with Crippen molar-refractivity contribution >= 4 is 27.4 Å². The summed E-state index contributed by atoms with van der Waals surface area (Å²) in [5.74, 6) is 0.0764. The van der Waals surface area contributed by atoms with E-state index in [1.54, 1.807) is 29.1 Å². The highest BCUT2D eigenvalue weighted by molar-refractivity contribution is 9.10. The molecule has 1 aromatic carbocycles. The first kappa shape index (κ1) is 14.3. The third-order valence-electron chi connectivity index (χ3n) is 2.65. The molecule has 7 heteroatoms.